The number of carbonyl (C=O) groups excluding carboxylic acids is 1. The fraction of sp³-hybridized carbons (Fsp3) is 0.458. The van der Waals surface area contributed by atoms with Gasteiger partial charge in [-0.3, -0.25) is 4.79 Å². The van der Waals surface area contributed by atoms with Gasteiger partial charge in [-0.2, -0.15) is 13.2 Å². The van der Waals surface area contributed by atoms with Crippen molar-refractivity contribution in [1.82, 2.24) is 10.3 Å². The third-order valence-corrected chi connectivity index (χ3v) is 6.07. The second-order valence-electron chi connectivity index (χ2n) is 8.48. The number of nitrogens with zero attached hydrogens (tertiary/aromatic N) is 1. The Hall–Kier alpha value is -3.30. The molecule has 0 bridgehead atoms. The third kappa shape index (κ3) is 5.98. The third-order valence-electron chi connectivity index (χ3n) is 6.07. The van der Waals surface area contributed by atoms with Gasteiger partial charge in [-0.1, -0.05) is 29.8 Å². The number of aromatic nitrogens is 1. The van der Waals surface area contributed by atoms with Gasteiger partial charge < -0.3 is 19.9 Å². The van der Waals surface area contributed by atoms with Crippen LogP contribution in [0.3, 0.4) is 0 Å². The first-order valence-corrected chi connectivity index (χ1v) is 10.9. The molecule has 3 rings (SSSR count). The van der Waals surface area contributed by atoms with Crippen molar-refractivity contribution in [3.8, 4) is 11.6 Å². The van der Waals surface area contributed by atoms with Crippen LogP contribution in [0.5, 0.6) is 11.6 Å². The molecule has 10 heteroatoms. The summed E-state index contributed by atoms with van der Waals surface area (Å²) in [6, 6.07) is 9.31. The number of halogens is 3. The number of ether oxygens (including phenoxy) is 2. The fourth-order valence-electron chi connectivity index (χ4n) is 4.08. The maximum Gasteiger partial charge on any atom is 0.391 e. The van der Waals surface area contributed by atoms with Crippen molar-refractivity contribution in [3.05, 3.63) is 53.2 Å². The molecule has 184 valence electrons. The van der Waals surface area contributed by atoms with Gasteiger partial charge in [0.2, 0.25) is 0 Å². The van der Waals surface area contributed by atoms with E-state index in [0.29, 0.717) is 6.42 Å². The number of alkyl halides is 3. The molecule has 0 saturated heterocycles. The minimum atomic E-state index is -4.39. The summed E-state index contributed by atoms with van der Waals surface area (Å²) in [4.78, 5) is 28.8. The SMILES string of the molecule is COc1ncc(C(=O)N[C@]2(C(=O)O)CC[C@H](C(F)(F)F)CC2)cc1OCCc1cccc(C)c1. The smallest absolute Gasteiger partial charge is 0.391 e. The molecule has 1 saturated carbocycles. The van der Waals surface area contributed by atoms with Crippen molar-refractivity contribution in [2.75, 3.05) is 13.7 Å². The molecular weight excluding hydrogens is 453 g/mol. The molecule has 0 aliphatic heterocycles. The molecule has 7 nitrogen and oxygen atoms in total. The fourth-order valence-corrected chi connectivity index (χ4v) is 4.08. The highest BCUT2D eigenvalue weighted by molar-refractivity contribution is 5.98. The average molecular weight is 480 g/mol. The summed E-state index contributed by atoms with van der Waals surface area (Å²) in [6.07, 6.45) is -3.96. The zero-order valence-corrected chi connectivity index (χ0v) is 18.9. The Balaban J connectivity index is 1.70. The predicted octanol–water partition coefficient (Wildman–Crippen LogP) is 4.33. The zero-order valence-electron chi connectivity index (χ0n) is 18.9. The van der Waals surface area contributed by atoms with Crippen LogP contribution in [-0.4, -0.2) is 47.4 Å². The summed E-state index contributed by atoms with van der Waals surface area (Å²) in [5.74, 6) is -3.34. The highest BCUT2D eigenvalue weighted by atomic mass is 19.4. The van der Waals surface area contributed by atoms with Gasteiger partial charge in [0.1, 0.15) is 5.54 Å². The molecule has 1 heterocycles. The monoisotopic (exact) mass is 480 g/mol. The van der Waals surface area contributed by atoms with E-state index in [9.17, 15) is 27.9 Å². The second-order valence-corrected chi connectivity index (χ2v) is 8.48. The summed E-state index contributed by atoms with van der Waals surface area (Å²) < 4.78 is 49.9. The van der Waals surface area contributed by atoms with Gasteiger partial charge in [0.15, 0.2) is 5.75 Å². The summed E-state index contributed by atoms with van der Waals surface area (Å²) in [5.41, 5.74) is 0.431. The lowest BCUT2D eigenvalue weighted by Crippen LogP contribution is -2.57. The molecule has 0 atom stereocenters. The lowest BCUT2D eigenvalue weighted by atomic mass is 9.76. The number of pyridine rings is 1. The van der Waals surface area contributed by atoms with E-state index in [1.54, 1.807) is 0 Å². The number of hydrogen-bond acceptors (Lipinski definition) is 5. The number of amides is 1. The Morgan fingerprint density at radius 3 is 2.53 bits per heavy atom. The zero-order chi connectivity index (χ0) is 24.9. The van der Waals surface area contributed by atoms with Crippen molar-refractivity contribution in [1.29, 1.82) is 0 Å². The van der Waals surface area contributed by atoms with Crippen LogP contribution in [0, 0.1) is 12.8 Å². The molecule has 1 aromatic carbocycles. The van der Waals surface area contributed by atoms with Gasteiger partial charge in [-0.25, -0.2) is 9.78 Å². The van der Waals surface area contributed by atoms with E-state index in [4.69, 9.17) is 9.47 Å². The minimum absolute atomic E-state index is 0.0184. The number of hydrogen-bond donors (Lipinski definition) is 2. The second kappa shape index (κ2) is 10.3. The van der Waals surface area contributed by atoms with Crippen LogP contribution in [0.15, 0.2) is 36.5 Å². The molecule has 1 fully saturated rings. The van der Waals surface area contributed by atoms with Crippen LogP contribution in [0.2, 0.25) is 0 Å². The van der Waals surface area contributed by atoms with E-state index in [1.165, 1.54) is 19.4 Å². The number of aliphatic carboxylic acids is 1. The van der Waals surface area contributed by atoms with Crippen molar-refractivity contribution >= 4 is 11.9 Å². The Morgan fingerprint density at radius 2 is 1.94 bits per heavy atom. The van der Waals surface area contributed by atoms with Gasteiger partial charge in [-0.05, 0) is 38.2 Å². The molecule has 1 aliphatic carbocycles. The summed E-state index contributed by atoms with van der Waals surface area (Å²) >= 11 is 0. The van der Waals surface area contributed by atoms with Gasteiger partial charge in [-0.15, -0.1) is 0 Å². The highest BCUT2D eigenvalue weighted by Gasteiger charge is 2.49. The number of carbonyl (C=O) groups is 2. The Bertz CT molecular complexity index is 1030. The molecule has 1 amide bonds. The summed E-state index contributed by atoms with van der Waals surface area (Å²) in [5, 5.41) is 12.1. The lowest BCUT2D eigenvalue weighted by Gasteiger charge is -2.37. The molecule has 1 aliphatic rings. The van der Waals surface area contributed by atoms with Crippen LogP contribution >= 0.6 is 0 Å². The van der Waals surface area contributed by atoms with E-state index < -0.39 is 29.5 Å². The van der Waals surface area contributed by atoms with Gasteiger partial charge in [0.25, 0.3) is 11.8 Å². The van der Waals surface area contributed by atoms with E-state index in [0.717, 1.165) is 11.1 Å². The van der Waals surface area contributed by atoms with Crippen molar-refractivity contribution < 1.29 is 37.3 Å². The number of methoxy groups -OCH3 is 1. The number of benzene rings is 1. The van der Waals surface area contributed by atoms with Crippen LogP contribution in [0.25, 0.3) is 0 Å². The maximum atomic E-state index is 13.0. The minimum Gasteiger partial charge on any atom is -0.488 e. The number of rotatable bonds is 8. The molecular formula is C24H27F3N2O5. The first kappa shape index (κ1) is 25.3. The maximum absolute atomic E-state index is 13.0. The van der Waals surface area contributed by atoms with E-state index >= 15 is 0 Å². The first-order chi connectivity index (χ1) is 16.0. The first-order valence-electron chi connectivity index (χ1n) is 10.9. The molecule has 2 N–H and O–H groups in total. The number of aryl methyl sites for hydroxylation is 1. The van der Waals surface area contributed by atoms with Crippen LogP contribution in [0.4, 0.5) is 13.2 Å². The van der Waals surface area contributed by atoms with Crippen LogP contribution in [0.1, 0.15) is 47.2 Å². The number of carboxylic acid groups (broad SMARTS) is 1. The van der Waals surface area contributed by atoms with Gasteiger partial charge >= 0.3 is 12.1 Å². The van der Waals surface area contributed by atoms with Crippen LogP contribution < -0.4 is 14.8 Å². The summed E-state index contributed by atoms with van der Waals surface area (Å²) in [7, 11) is 1.40. The molecule has 0 unspecified atom stereocenters. The average Bonchev–Trinajstić information content (AvgIpc) is 2.78. The number of nitrogens with one attached hydrogen (secondary N) is 1. The topological polar surface area (TPSA) is 97.8 Å². The molecule has 2 aromatic rings. The normalized spacial score (nSPS) is 20.4. The van der Waals surface area contributed by atoms with Crippen molar-refractivity contribution in [2.24, 2.45) is 5.92 Å². The quantitative estimate of drug-likeness (QED) is 0.584. The largest absolute Gasteiger partial charge is 0.488 e. The summed E-state index contributed by atoms with van der Waals surface area (Å²) in [6.45, 7) is 2.27. The van der Waals surface area contributed by atoms with Crippen molar-refractivity contribution in [2.45, 2.75) is 50.7 Å². The van der Waals surface area contributed by atoms with E-state index in [-0.39, 0.29) is 49.5 Å². The Kier molecular flexibility index (Phi) is 7.68. The Labute approximate surface area is 195 Å². The standard InChI is InChI=1S/C24H27F3N2O5/c1-15-4-3-5-16(12-15)8-11-34-19-13-17(14-28-21(19)33-2)20(30)29-23(22(31)32)9-6-18(7-10-23)24(25,26)27/h3-5,12-14,18H,6-11H2,1-2H3,(H,29,30)(H,31,32)/t18-,23+. The van der Waals surface area contributed by atoms with E-state index in [1.807, 2.05) is 31.2 Å². The molecule has 34 heavy (non-hydrogen) atoms. The van der Waals surface area contributed by atoms with Crippen molar-refractivity contribution in [3.63, 3.8) is 0 Å². The lowest BCUT2D eigenvalue weighted by molar-refractivity contribution is -0.187. The molecule has 1 aromatic heterocycles. The van der Waals surface area contributed by atoms with Crippen LogP contribution in [-0.2, 0) is 11.2 Å². The van der Waals surface area contributed by atoms with Gasteiger partial charge in [0, 0.05) is 18.7 Å². The predicted molar refractivity (Wildman–Crippen MR) is 117 cm³/mol. The molecule has 0 radical (unpaired) electrons. The Morgan fingerprint density at radius 1 is 1.24 bits per heavy atom. The number of carboxylic acids is 1. The highest BCUT2D eigenvalue weighted by Crippen LogP contribution is 2.41. The van der Waals surface area contributed by atoms with Gasteiger partial charge in [0.05, 0.1) is 25.2 Å². The molecule has 0 spiro atoms. The van der Waals surface area contributed by atoms with E-state index in [2.05, 4.69) is 10.3 Å².